The lowest BCUT2D eigenvalue weighted by Gasteiger charge is -2.20. The third kappa shape index (κ3) is 7.05. The number of rotatable bonds is 8. The Balaban J connectivity index is 3.77. The van der Waals surface area contributed by atoms with Crippen LogP contribution in [0.25, 0.3) is 0 Å². The van der Waals surface area contributed by atoms with Crippen LogP contribution in [0.4, 0.5) is 4.79 Å². The zero-order chi connectivity index (χ0) is 12.4. The highest BCUT2D eigenvalue weighted by molar-refractivity contribution is 5.75. The lowest BCUT2D eigenvalue weighted by molar-refractivity contribution is -0.137. The molecule has 0 atom stereocenters. The highest BCUT2D eigenvalue weighted by Crippen LogP contribution is 1.93. The molecule has 0 heterocycles. The topological polar surface area (TPSA) is 78.9 Å². The molecule has 0 unspecified atom stereocenters. The number of amides is 2. The van der Waals surface area contributed by atoms with Crippen molar-refractivity contribution in [2.75, 3.05) is 33.4 Å². The highest BCUT2D eigenvalue weighted by atomic mass is 16.5. The number of hydrogen-bond donors (Lipinski definition) is 2. The Labute approximate surface area is 95.6 Å². The van der Waals surface area contributed by atoms with Crippen LogP contribution in [0.2, 0.25) is 0 Å². The van der Waals surface area contributed by atoms with Crippen LogP contribution in [0.3, 0.4) is 0 Å². The van der Waals surface area contributed by atoms with Crippen molar-refractivity contribution in [3.63, 3.8) is 0 Å². The Kier molecular flexibility index (Phi) is 8.24. The van der Waals surface area contributed by atoms with Crippen molar-refractivity contribution in [2.24, 2.45) is 0 Å². The molecule has 0 fully saturated rings. The molecule has 0 aliphatic heterocycles. The average molecular weight is 232 g/mol. The van der Waals surface area contributed by atoms with E-state index in [2.05, 4.69) is 5.32 Å². The van der Waals surface area contributed by atoms with Gasteiger partial charge in [0.25, 0.3) is 0 Å². The van der Waals surface area contributed by atoms with E-state index in [0.717, 1.165) is 6.42 Å². The molecule has 0 radical (unpaired) electrons. The summed E-state index contributed by atoms with van der Waals surface area (Å²) in [7, 11) is 1.60. The summed E-state index contributed by atoms with van der Waals surface area (Å²) in [4.78, 5) is 23.4. The highest BCUT2D eigenvalue weighted by Gasteiger charge is 2.11. The van der Waals surface area contributed by atoms with Crippen LogP contribution < -0.4 is 5.32 Å². The second-order valence-electron chi connectivity index (χ2n) is 3.30. The molecular formula is C10H20N2O4. The third-order valence-corrected chi connectivity index (χ3v) is 2.07. The van der Waals surface area contributed by atoms with Gasteiger partial charge in [0.1, 0.15) is 0 Å². The smallest absolute Gasteiger partial charge is 0.317 e. The fraction of sp³-hybridized carbons (Fsp3) is 0.800. The molecule has 94 valence electrons. The lowest BCUT2D eigenvalue weighted by Crippen LogP contribution is -2.41. The fourth-order valence-electron chi connectivity index (χ4n) is 1.16. The summed E-state index contributed by atoms with van der Waals surface area (Å²) in [6, 6.07) is -0.222. The van der Waals surface area contributed by atoms with E-state index in [-0.39, 0.29) is 19.0 Å². The van der Waals surface area contributed by atoms with E-state index in [1.165, 1.54) is 4.90 Å². The van der Waals surface area contributed by atoms with Gasteiger partial charge in [-0.2, -0.15) is 0 Å². The molecule has 0 saturated carbocycles. The predicted molar refractivity (Wildman–Crippen MR) is 59.4 cm³/mol. The molecule has 6 nitrogen and oxygen atoms in total. The van der Waals surface area contributed by atoms with Crippen molar-refractivity contribution in [3.05, 3.63) is 0 Å². The first-order chi connectivity index (χ1) is 7.61. The van der Waals surface area contributed by atoms with Crippen molar-refractivity contribution in [1.82, 2.24) is 10.2 Å². The molecule has 0 aliphatic carbocycles. The summed E-state index contributed by atoms with van der Waals surface area (Å²) in [6.45, 7) is 3.69. The van der Waals surface area contributed by atoms with Crippen molar-refractivity contribution in [3.8, 4) is 0 Å². The Hall–Kier alpha value is -1.30. The molecule has 0 spiro atoms. The van der Waals surface area contributed by atoms with Gasteiger partial charge in [-0.3, -0.25) is 4.79 Å². The van der Waals surface area contributed by atoms with Crippen LogP contribution in [0.5, 0.6) is 0 Å². The summed E-state index contributed by atoms with van der Waals surface area (Å²) in [6.07, 6.45) is 0.720. The van der Waals surface area contributed by atoms with Gasteiger partial charge in [0.05, 0.1) is 6.42 Å². The van der Waals surface area contributed by atoms with E-state index in [1.807, 2.05) is 6.92 Å². The number of hydrogen-bond acceptors (Lipinski definition) is 3. The van der Waals surface area contributed by atoms with Crippen LogP contribution in [0.1, 0.15) is 19.8 Å². The van der Waals surface area contributed by atoms with Crippen LogP contribution in [-0.2, 0) is 9.53 Å². The number of urea groups is 1. The van der Waals surface area contributed by atoms with Crippen LogP contribution >= 0.6 is 0 Å². The molecule has 16 heavy (non-hydrogen) atoms. The Morgan fingerprint density at radius 1 is 1.44 bits per heavy atom. The number of carbonyl (C=O) groups excluding carboxylic acids is 1. The SMILES string of the molecule is CCN(CCC(=O)O)C(=O)NCCCOC. The number of carboxylic acids is 1. The molecule has 6 heteroatoms. The van der Waals surface area contributed by atoms with Gasteiger partial charge >= 0.3 is 12.0 Å². The second kappa shape index (κ2) is 8.96. The Bertz CT molecular complexity index is 221. The summed E-state index contributed by atoms with van der Waals surface area (Å²) in [5.74, 6) is -0.898. The van der Waals surface area contributed by atoms with E-state index in [9.17, 15) is 9.59 Å². The van der Waals surface area contributed by atoms with E-state index < -0.39 is 5.97 Å². The largest absolute Gasteiger partial charge is 0.481 e. The molecule has 0 aromatic heterocycles. The summed E-state index contributed by atoms with van der Waals surface area (Å²) in [5, 5.41) is 11.2. The van der Waals surface area contributed by atoms with Crippen molar-refractivity contribution in [2.45, 2.75) is 19.8 Å². The van der Waals surface area contributed by atoms with E-state index in [1.54, 1.807) is 7.11 Å². The molecule has 0 aromatic rings. The van der Waals surface area contributed by atoms with Crippen molar-refractivity contribution >= 4 is 12.0 Å². The minimum atomic E-state index is -0.898. The quantitative estimate of drug-likeness (QED) is 0.598. The summed E-state index contributed by atoms with van der Waals surface area (Å²) >= 11 is 0. The van der Waals surface area contributed by atoms with Crippen LogP contribution in [-0.4, -0.2) is 55.4 Å². The zero-order valence-electron chi connectivity index (χ0n) is 9.86. The van der Waals surface area contributed by atoms with Crippen molar-refractivity contribution < 1.29 is 19.4 Å². The first kappa shape index (κ1) is 14.7. The zero-order valence-corrected chi connectivity index (χ0v) is 9.86. The first-order valence-corrected chi connectivity index (χ1v) is 5.35. The minimum Gasteiger partial charge on any atom is -0.481 e. The molecule has 0 aromatic carbocycles. The van der Waals surface area contributed by atoms with E-state index in [0.29, 0.717) is 19.7 Å². The number of ether oxygens (including phenoxy) is 1. The monoisotopic (exact) mass is 232 g/mol. The Morgan fingerprint density at radius 2 is 2.12 bits per heavy atom. The van der Waals surface area contributed by atoms with Gasteiger partial charge in [0, 0.05) is 33.4 Å². The van der Waals surface area contributed by atoms with Gasteiger partial charge < -0.3 is 20.1 Å². The van der Waals surface area contributed by atoms with Crippen LogP contribution in [0.15, 0.2) is 0 Å². The molecular weight excluding hydrogens is 212 g/mol. The maximum Gasteiger partial charge on any atom is 0.317 e. The number of nitrogens with one attached hydrogen (secondary N) is 1. The molecule has 0 bridgehead atoms. The van der Waals surface area contributed by atoms with E-state index in [4.69, 9.17) is 9.84 Å². The molecule has 0 rings (SSSR count). The van der Waals surface area contributed by atoms with Crippen LogP contribution in [0, 0.1) is 0 Å². The normalized spacial score (nSPS) is 9.88. The lowest BCUT2D eigenvalue weighted by atomic mass is 10.4. The first-order valence-electron chi connectivity index (χ1n) is 5.35. The average Bonchev–Trinajstić information content (AvgIpc) is 2.25. The van der Waals surface area contributed by atoms with Gasteiger partial charge in [-0.15, -0.1) is 0 Å². The van der Waals surface area contributed by atoms with Gasteiger partial charge in [0.15, 0.2) is 0 Å². The second-order valence-corrected chi connectivity index (χ2v) is 3.30. The van der Waals surface area contributed by atoms with Gasteiger partial charge in [-0.05, 0) is 13.3 Å². The molecule has 2 amide bonds. The standard InChI is InChI=1S/C10H20N2O4/c1-3-12(7-5-9(13)14)10(15)11-6-4-8-16-2/h3-8H2,1-2H3,(H,11,15)(H,13,14). The fourth-order valence-corrected chi connectivity index (χ4v) is 1.16. The Morgan fingerprint density at radius 3 is 2.62 bits per heavy atom. The van der Waals surface area contributed by atoms with E-state index >= 15 is 0 Å². The van der Waals surface area contributed by atoms with Crippen molar-refractivity contribution in [1.29, 1.82) is 0 Å². The predicted octanol–water partition coefficient (Wildman–Crippen LogP) is 0.529. The summed E-state index contributed by atoms with van der Waals surface area (Å²) in [5.41, 5.74) is 0. The molecule has 2 N–H and O–H groups in total. The number of methoxy groups -OCH3 is 1. The van der Waals surface area contributed by atoms with Gasteiger partial charge in [-0.1, -0.05) is 0 Å². The van der Waals surface area contributed by atoms with Gasteiger partial charge in [0.2, 0.25) is 0 Å². The molecule has 0 saturated heterocycles. The summed E-state index contributed by atoms with van der Waals surface area (Å²) < 4.78 is 4.85. The maximum atomic E-state index is 11.5. The number of aliphatic carboxylic acids is 1. The van der Waals surface area contributed by atoms with Gasteiger partial charge in [-0.25, -0.2) is 4.79 Å². The maximum absolute atomic E-state index is 11.5. The minimum absolute atomic E-state index is 0.0284. The third-order valence-electron chi connectivity index (χ3n) is 2.07. The number of carboxylic acid groups (broad SMARTS) is 1. The number of carbonyl (C=O) groups is 2. The number of nitrogens with zero attached hydrogens (tertiary/aromatic N) is 1. The molecule has 0 aliphatic rings.